The van der Waals surface area contributed by atoms with Crippen molar-refractivity contribution in [2.24, 2.45) is 11.1 Å². The largest absolute Gasteiger partial charge is 0.385 e. The molecule has 1 fully saturated rings. The fourth-order valence-corrected chi connectivity index (χ4v) is 7.07. The predicted octanol–water partition coefficient (Wildman–Crippen LogP) is 4.93. The second kappa shape index (κ2) is 13.1. The molecule has 1 aliphatic rings. The molecule has 3 aromatic rings. The highest BCUT2D eigenvalue weighted by molar-refractivity contribution is 7.89. The van der Waals surface area contributed by atoms with E-state index in [0.29, 0.717) is 32.2 Å². The number of sulfonamides is 1. The maximum Gasteiger partial charge on any atom is 0.221 e. The van der Waals surface area contributed by atoms with E-state index in [1.54, 1.807) is 11.4 Å². The summed E-state index contributed by atoms with van der Waals surface area (Å²) in [5.74, 6) is -0.0386. The Balaban J connectivity index is 1.60. The fourth-order valence-electron chi connectivity index (χ4n) is 5.56. The quantitative estimate of drug-likeness (QED) is 0.262. The van der Waals surface area contributed by atoms with Crippen molar-refractivity contribution >= 4 is 26.8 Å². The number of nitrogens with two attached hydrogens (primary N) is 1. The van der Waals surface area contributed by atoms with Crippen LogP contribution in [0.1, 0.15) is 69.6 Å². The number of hydrogen-bond acceptors (Lipinski definition) is 5. The lowest BCUT2D eigenvalue weighted by Gasteiger charge is -2.31. The minimum atomic E-state index is -3.29. The summed E-state index contributed by atoms with van der Waals surface area (Å²) in [6.45, 7) is 11.1. The normalized spacial score (nSPS) is 16.3. The van der Waals surface area contributed by atoms with Gasteiger partial charge in [0.1, 0.15) is 0 Å². The van der Waals surface area contributed by atoms with Crippen LogP contribution in [0.15, 0.2) is 42.6 Å². The van der Waals surface area contributed by atoms with Crippen molar-refractivity contribution in [2.45, 2.75) is 71.9 Å². The molecule has 1 aromatic heterocycles. The average molecular weight is 583 g/mol. The van der Waals surface area contributed by atoms with Gasteiger partial charge in [-0.3, -0.25) is 4.79 Å². The zero-order valence-corrected chi connectivity index (χ0v) is 25.9. The van der Waals surface area contributed by atoms with Gasteiger partial charge in [-0.15, -0.1) is 0 Å². The summed E-state index contributed by atoms with van der Waals surface area (Å²) in [5, 5.41) is 4.72. The molecule has 1 atom stereocenters. The fraction of sp³-hybridized carbons (Fsp3) is 0.531. The third-order valence-electron chi connectivity index (χ3n) is 8.48. The Labute approximate surface area is 245 Å². The van der Waals surface area contributed by atoms with E-state index in [4.69, 9.17) is 10.5 Å². The van der Waals surface area contributed by atoms with Crippen LogP contribution in [0.3, 0.4) is 0 Å². The number of aromatic amines is 1. The zero-order valence-electron chi connectivity index (χ0n) is 25.1. The highest BCUT2D eigenvalue weighted by Crippen LogP contribution is 2.37. The first kappa shape index (κ1) is 31.2. The molecule has 1 aliphatic heterocycles. The molecule has 41 heavy (non-hydrogen) atoms. The van der Waals surface area contributed by atoms with Crippen LogP contribution in [0, 0.1) is 5.41 Å². The van der Waals surface area contributed by atoms with Crippen LogP contribution in [0.2, 0.25) is 0 Å². The number of rotatable bonds is 12. The number of amides is 1. The molecule has 0 spiro atoms. The number of carbonyl (C=O) groups excluding carboxylic acids is 1. The molecule has 1 amide bonds. The highest BCUT2D eigenvalue weighted by Gasteiger charge is 2.30. The minimum absolute atomic E-state index is 0.113. The number of benzene rings is 2. The Kier molecular flexibility index (Phi) is 9.95. The van der Waals surface area contributed by atoms with Gasteiger partial charge in [0.25, 0.3) is 0 Å². The molecule has 2 heterocycles. The summed E-state index contributed by atoms with van der Waals surface area (Å²) in [4.78, 5) is 15.4. The van der Waals surface area contributed by atoms with E-state index in [0.717, 1.165) is 47.0 Å². The molecule has 1 saturated heterocycles. The Morgan fingerprint density at radius 1 is 1.17 bits per heavy atom. The average Bonchev–Trinajstić information content (AvgIpc) is 3.35. The number of ether oxygens (including phenoxy) is 1. The summed E-state index contributed by atoms with van der Waals surface area (Å²) in [7, 11) is -1.70. The second-order valence-electron chi connectivity index (χ2n) is 12.4. The van der Waals surface area contributed by atoms with Crippen LogP contribution in [-0.4, -0.2) is 62.2 Å². The summed E-state index contributed by atoms with van der Waals surface area (Å²) in [5.41, 5.74) is 12.1. The Morgan fingerprint density at radius 3 is 2.56 bits per heavy atom. The molecular formula is C32H46N4O4S. The van der Waals surface area contributed by atoms with Crippen LogP contribution in [0.25, 0.3) is 22.0 Å². The number of hydrogen-bond donors (Lipinski definition) is 3. The Hall–Kier alpha value is -2.72. The molecule has 2 aromatic carbocycles. The van der Waals surface area contributed by atoms with Gasteiger partial charge >= 0.3 is 0 Å². The number of carbonyl (C=O) groups is 1. The summed E-state index contributed by atoms with van der Waals surface area (Å²) < 4.78 is 32.2. The van der Waals surface area contributed by atoms with Crippen LogP contribution >= 0.6 is 0 Å². The van der Waals surface area contributed by atoms with E-state index in [-0.39, 0.29) is 29.4 Å². The van der Waals surface area contributed by atoms with Crippen molar-refractivity contribution in [1.82, 2.24) is 14.6 Å². The number of H-pyrrole nitrogens is 1. The van der Waals surface area contributed by atoms with Gasteiger partial charge in [-0.05, 0) is 83.5 Å². The number of aromatic nitrogens is 1. The van der Waals surface area contributed by atoms with Crippen LogP contribution in [0.4, 0.5) is 0 Å². The van der Waals surface area contributed by atoms with E-state index in [9.17, 15) is 13.2 Å². The first-order valence-electron chi connectivity index (χ1n) is 14.6. The van der Waals surface area contributed by atoms with E-state index in [2.05, 4.69) is 74.4 Å². The second-order valence-corrected chi connectivity index (χ2v) is 14.5. The Bertz CT molecular complexity index is 1450. The van der Waals surface area contributed by atoms with Crippen molar-refractivity contribution in [1.29, 1.82) is 0 Å². The lowest BCUT2D eigenvalue weighted by Crippen LogP contribution is -2.39. The monoisotopic (exact) mass is 582 g/mol. The molecule has 0 saturated carbocycles. The van der Waals surface area contributed by atoms with Crippen molar-refractivity contribution in [3.63, 3.8) is 0 Å². The van der Waals surface area contributed by atoms with Gasteiger partial charge < -0.3 is 20.8 Å². The van der Waals surface area contributed by atoms with Gasteiger partial charge in [-0.25, -0.2) is 12.7 Å². The predicted molar refractivity (Wildman–Crippen MR) is 166 cm³/mol. The topological polar surface area (TPSA) is 118 Å². The molecule has 8 nitrogen and oxygen atoms in total. The molecule has 4 rings (SSSR count). The first-order chi connectivity index (χ1) is 19.4. The van der Waals surface area contributed by atoms with Crippen molar-refractivity contribution in [3.05, 3.63) is 59.3 Å². The van der Waals surface area contributed by atoms with Gasteiger partial charge in [0.2, 0.25) is 15.9 Å². The molecule has 0 bridgehead atoms. The summed E-state index contributed by atoms with van der Waals surface area (Å²) >= 11 is 0. The van der Waals surface area contributed by atoms with E-state index in [1.165, 1.54) is 11.1 Å². The number of methoxy groups -OCH3 is 1. The van der Waals surface area contributed by atoms with Gasteiger partial charge in [-0.2, -0.15) is 0 Å². The molecule has 224 valence electrons. The molecule has 0 aliphatic carbocycles. The van der Waals surface area contributed by atoms with Gasteiger partial charge in [-0.1, -0.05) is 39.0 Å². The third-order valence-corrected chi connectivity index (χ3v) is 10.4. The molecule has 9 heteroatoms. The molecule has 0 unspecified atom stereocenters. The van der Waals surface area contributed by atoms with Gasteiger partial charge in [0.15, 0.2) is 0 Å². The molecular weight excluding hydrogens is 536 g/mol. The van der Waals surface area contributed by atoms with E-state index >= 15 is 0 Å². The van der Waals surface area contributed by atoms with Gasteiger partial charge in [0.05, 0.1) is 12.2 Å². The maximum absolute atomic E-state index is 12.8. The zero-order chi connectivity index (χ0) is 29.8. The van der Waals surface area contributed by atoms with E-state index in [1.807, 2.05) is 6.20 Å². The standard InChI is InChI=1S/C32H46N4O4S/c1-22(32(2,3)4)34-20-23-8-6-9-25(16-23)26-17-27(19-30(33)37)31-28(18-26)29(21-35-31)24-10-12-36(13-11-24)41(38,39)15-7-14-40-5/h6,8-9,16-18,21-22,24,34-35H,7,10-15,19-20H2,1-5H3,(H2,33,37)/t22-/m0/s1. The number of primary amides is 1. The summed E-state index contributed by atoms with van der Waals surface area (Å²) in [6.07, 6.45) is 4.17. The number of fused-ring (bicyclic) bond motifs is 1. The van der Waals surface area contributed by atoms with Crippen LogP contribution < -0.4 is 11.1 Å². The lowest BCUT2D eigenvalue weighted by atomic mass is 9.87. The number of nitrogens with one attached hydrogen (secondary N) is 2. The van der Waals surface area contributed by atoms with Crippen LogP contribution in [0.5, 0.6) is 0 Å². The SMILES string of the molecule is COCCCS(=O)(=O)N1CCC(c2c[nH]c3c(CC(N)=O)cc(-c4cccc(CN[C@@H](C)C(C)(C)C)c4)cc23)CC1. The minimum Gasteiger partial charge on any atom is -0.385 e. The van der Waals surface area contributed by atoms with Crippen molar-refractivity contribution in [3.8, 4) is 11.1 Å². The highest BCUT2D eigenvalue weighted by atomic mass is 32.2. The van der Waals surface area contributed by atoms with E-state index < -0.39 is 10.0 Å². The molecule has 4 N–H and O–H groups in total. The van der Waals surface area contributed by atoms with Crippen molar-refractivity contribution in [2.75, 3.05) is 32.6 Å². The lowest BCUT2D eigenvalue weighted by molar-refractivity contribution is -0.117. The first-order valence-corrected chi connectivity index (χ1v) is 16.2. The van der Waals surface area contributed by atoms with Crippen LogP contribution in [-0.2, 0) is 32.5 Å². The maximum atomic E-state index is 12.8. The third kappa shape index (κ3) is 7.77. The smallest absolute Gasteiger partial charge is 0.221 e. The van der Waals surface area contributed by atoms with Crippen molar-refractivity contribution < 1.29 is 17.9 Å². The Morgan fingerprint density at radius 2 is 1.90 bits per heavy atom. The molecule has 0 radical (unpaired) electrons. The summed E-state index contributed by atoms with van der Waals surface area (Å²) in [6, 6.07) is 13.1. The number of piperidine rings is 1. The van der Waals surface area contributed by atoms with Gasteiger partial charge in [0, 0.05) is 56.5 Å². The number of nitrogens with zero attached hydrogens (tertiary/aromatic N) is 1.